The Morgan fingerprint density at radius 2 is 2.31 bits per heavy atom. The molecule has 1 aromatic rings. The van der Waals surface area contributed by atoms with Crippen LogP contribution in [0, 0.1) is 11.3 Å². The van der Waals surface area contributed by atoms with Gasteiger partial charge in [0.05, 0.1) is 5.56 Å². The summed E-state index contributed by atoms with van der Waals surface area (Å²) >= 11 is 0. The van der Waals surface area contributed by atoms with E-state index in [0.29, 0.717) is 5.56 Å². The summed E-state index contributed by atoms with van der Waals surface area (Å²) in [6.07, 6.45) is 1.56. The fourth-order valence-corrected chi connectivity index (χ4v) is 0.880. The van der Waals surface area contributed by atoms with E-state index >= 15 is 0 Å². The zero-order valence-electron chi connectivity index (χ0n) is 7.54. The number of nitrogens with one attached hydrogen (secondary N) is 2. The van der Waals surface area contributed by atoms with Crippen LogP contribution in [-0.4, -0.2) is 25.1 Å². The Hall–Kier alpha value is -1.60. The van der Waals surface area contributed by atoms with Crippen molar-refractivity contribution in [2.75, 3.05) is 25.5 Å². The number of pyridine rings is 1. The Balaban J connectivity index is 2.46. The Morgan fingerprint density at radius 1 is 1.46 bits per heavy atom. The lowest BCUT2D eigenvalue weighted by atomic mass is 10.3. The van der Waals surface area contributed by atoms with E-state index in [1.165, 1.54) is 0 Å². The van der Waals surface area contributed by atoms with Gasteiger partial charge in [-0.2, -0.15) is 5.26 Å². The van der Waals surface area contributed by atoms with Crippen LogP contribution >= 0.6 is 0 Å². The average Bonchev–Trinajstić information content (AvgIpc) is 2.19. The van der Waals surface area contributed by atoms with Crippen molar-refractivity contribution >= 4 is 5.82 Å². The van der Waals surface area contributed by atoms with Gasteiger partial charge >= 0.3 is 0 Å². The summed E-state index contributed by atoms with van der Waals surface area (Å²) in [4.78, 5) is 4.06. The van der Waals surface area contributed by atoms with Crippen molar-refractivity contribution in [3.05, 3.63) is 23.9 Å². The molecule has 1 rings (SSSR count). The summed E-state index contributed by atoms with van der Waals surface area (Å²) in [7, 11) is 1.90. The molecule has 1 heterocycles. The van der Waals surface area contributed by atoms with E-state index in [1.807, 2.05) is 13.1 Å². The molecule has 0 aliphatic rings. The first kappa shape index (κ1) is 9.49. The largest absolute Gasteiger partial charge is 0.369 e. The second-order valence-corrected chi connectivity index (χ2v) is 2.57. The lowest BCUT2D eigenvalue weighted by Crippen LogP contribution is -2.18. The second kappa shape index (κ2) is 5.12. The maximum Gasteiger partial charge on any atom is 0.126 e. The summed E-state index contributed by atoms with van der Waals surface area (Å²) in [5, 5.41) is 14.7. The van der Waals surface area contributed by atoms with Crippen molar-refractivity contribution < 1.29 is 0 Å². The lowest BCUT2D eigenvalue weighted by Gasteiger charge is -2.03. The van der Waals surface area contributed by atoms with Gasteiger partial charge in [0.25, 0.3) is 0 Å². The molecule has 0 fully saturated rings. The molecule has 0 unspecified atom stereocenters. The third-order valence-electron chi connectivity index (χ3n) is 1.57. The lowest BCUT2D eigenvalue weighted by molar-refractivity contribution is 0.821. The van der Waals surface area contributed by atoms with Gasteiger partial charge in [-0.3, -0.25) is 0 Å². The molecule has 13 heavy (non-hydrogen) atoms. The first-order valence-corrected chi connectivity index (χ1v) is 4.11. The molecule has 0 aromatic carbocycles. The molecule has 68 valence electrons. The van der Waals surface area contributed by atoms with Gasteiger partial charge in [-0.15, -0.1) is 0 Å². The molecule has 0 bridgehead atoms. The fourth-order valence-electron chi connectivity index (χ4n) is 0.880. The Labute approximate surface area is 77.6 Å². The highest BCUT2D eigenvalue weighted by Crippen LogP contribution is 2.02. The van der Waals surface area contributed by atoms with Crippen LogP contribution in [-0.2, 0) is 0 Å². The van der Waals surface area contributed by atoms with Crippen molar-refractivity contribution in [3.63, 3.8) is 0 Å². The molecular formula is C9H12N4. The van der Waals surface area contributed by atoms with E-state index in [-0.39, 0.29) is 0 Å². The second-order valence-electron chi connectivity index (χ2n) is 2.57. The molecule has 0 saturated carbocycles. The summed E-state index contributed by atoms with van der Waals surface area (Å²) < 4.78 is 0. The van der Waals surface area contributed by atoms with E-state index in [1.54, 1.807) is 18.3 Å². The molecule has 0 spiro atoms. The quantitative estimate of drug-likeness (QED) is 0.659. The first-order valence-electron chi connectivity index (χ1n) is 4.11. The number of likely N-dealkylation sites (N-methyl/N-ethyl adjacent to an activating group) is 1. The normalized spacial score (nSPS) is 9.23. The molecule has 0 radical (unpaired) electrons. The van der Waals surface area contributed by atoms with Crippen LogP contribution in [0.4, 0.5) is 5.82 Å². The molecule has 2 N–H and O–H groups in total. The summed E-state index contributed by atoms with van der Waals surface area (Å²) in [6.45, 7) is 1.72. The number of aromatic nitrogens is 1. The first-order chi connectivity index (χ1) is 6.36. The minimum atomic E-state index is 0.583. The molecule has 0 saturated heterocycles. The Morgan fingerprint density at radius 3 is 2.85 bits per heavy atom. The van der Waals surface area contributed by atoms with Crippen LogP contribution in [0.1, 0.15) is 5.56 Å². The number of nitriles is 1. The van der Waals surface area contributed by atoms with Gasteiger partial charge in [-0.1, -0.05) is 0 Å². The van der Waals surface area contributed by atoms with Crippen LogP contribution in [0.25, 0.3) is 0 Å². The van der Waals surface area contributed by atoms with E-state index in [0.717, 1.165) is 18.9 Å². The Bertz CT molecular complexity index is 285. The van der Waals surface area contributed by atoms with E-state index in [9.17, 15) is 0 Å². The third-order valence-corrected chi connectivity index (χ3v) is 1.57. The van der Waals surface area contributed by atoms with Crippen LogP contribution in [0.2, 0.25) is 0 Å². The van der Waals surface area contributed by atoms with E-state index in [4.69, 9.17) is 5.26 Å². The van der Waals surface area contributed by atoms with Crippen LogP contribution in [0.15, 0.2) is 18.3 Å². The number of nitrogens with zero attached hydrogens (tertiary/aromatic N) is 2. The van der Waals surface area contributed by atoms with E-state index in [2.05, 4.69) is 15.6 Å². The van der Waals surface area contributed by atoms with Gasteiger partial charge in [0, 0.05) is 19.3 Å². The summed E-state index contributed by atoms with van der Waals surface area (Å²) in [5.74, 6) is 0.800. The fraction of sp³-hybridized carbons (Fsp3) is 0.333. The van der Waals surface area contributed by atoms with Gasteiger partial charge in [0.1, 0.15) is 11.9 Å². The van der Waals surface area contributed by atoms with Gasteiger partial charge in [-0.25, -0.2) is 4.98 Å². The zero-order valence-corrected chi connectivity index (χ0v) is 7.54. The van der Waals surface area contributed by atoms with Crippen molar-refractivity contribution in [1.29, 1.82) is 5.26 Å². The monoisotopic (exact) mass is 176 g/mol. The number of anilines is 1. The average molecular weight is 176 g/mol. The van der Waals surface area contributed by atoms with Crippen molar-refractivity contribution in [3.8, 4) is 6.07 Å². The van der Waals surface area contributed by atoms with Gasteiger partial charge in [-0.05, 0) is 19.2 Å². The topological polar surface area (TPSA) is 60.7 Å². The Kier molecular flexibility index (Phi) is 3.74. The number of hydrogen-bond donors (Lipinski definition) is 2. The molecule has 0 amide bonds. The standard InChI is InChI=1S/C9H12N4/c1-11-4-5-12-9-3-2-8(6-10)7-13-9/h2-3,7,11H,4-5H2,1H3,(H,12,13). The van der Waals surface area contributed by atoms with Gasteiger partial charge in [0.15, 0.2) is 0 Å². The van der Waals surface area contributed by atoms with Crippen molar-refractivity contribution in [1.82, 2.24) is 10.3 Å². The van der Waals surface area contributed by atoms with Gasteiger partial charge in [0.2, 0.25) is 0 Å². The van der Waals surface area contributed by atoms with Crippen LogP contribution in [0.5, 0.6) is 0 Å². The minimum absolute atomic E-state index is 0.583. The molecule has 4 nitrogen and oxygen atoms in total. The molecule has 0 atom stereocenters. The maximum absolute atomic E-state index is 8.52. The maximum atomic E-state index is 8.52. The minimum Gasteiger partial charge on any atom is -0.369 e. The van der Waals surface area contributed by atoms with Crippen LogP contribution in [0.3, 0.4) is 0 Å². The highest BCUT2D eigenvalue weighted by Gasteiger charge is 1.92. The summed E-state index contributed by atoms with van der Waals surface area (Å²) in [6, 6.07) is 5.56. The highest BCUT2D eigenvalue weighted by molar-refractivity contribution is 5.38. The van der Waals surface area contributed by atoms with E-state index < -0.39 is 0 Å². The molecule has 0 aliphatic heterocycles. The van der Waals surface area contributed by atoms with Crippen molar-refractivity contribution in [2.45, 2.75) is 0 Å². The molecular weight excluding hydrogens is 164 g/mol. The number of rotatable bonds is 4. The highest BCUT2D eigenvalue weighted by atomic mass is 15.0. The van der Waals surface area contributed by atoms with Crippen molar-refractivity contribution in [2.24, 2.45) is 0 Å². The predicted molar refractivity (Wildman–Crippen MR) is 51.4 cm³/mol. The SMILES string of the molecule is CNCCNc1ccc(C#N)cn1. The predicted octanol–water partition coefficient (Wildman–Crippen LogP) is 0.585. The number of hydrogen-bond acceptors (Lipinski definition) is 4. The van der Waals surface area contributed by atoms with Crippen LogP contribution < -0.4 is 10.6 Å². The molecule has 1 aromatic heterocycles. The smallest absolute Gasteiger partial charge is 0.126 e. The summed E-state index contributed by atoms with van der Waals surface area (Å²) in [5.41, 5.74) is 0.583. The molecule has 0 aliphatic carbocycles. The third kappa shape index (κ3) is 3.09. The molecule has 4 heteroatoms. The van der Waals surface area contributed by atoms with Gasteiger partial charge < -0.3 is 10.6 Å². The zero-order chi connectivity index (χ0) is 9.52.